The molecule has 0 fully saturated rings. The van der Waals surface area contributed by atoms with Crippen LogP contribution in [0.1, 0.15) is 17.9 Å². The maximum absolute atomic E-state index is 5.93. The lowest BCUT2D eigenvalue weighted by molar-refractivity contribution is 0.748. The SMILES string of the molecule is CSCCC(CCl)c1ccccc1. The molecule has 0 aliphatic heterocycles. The van der Waals surface area contributed by atoms with Gasteiger partial charge in [-0.15, -0.1) is 11.6 Å². The summed E-state index contributed by atoms with van der Waals surface area (Å²) in [6.45, 7) is 0. The monoisotopic (exact) mass is 214 g/mol. The summed E-state index contributed by atoms with van der Waals surface area (Å²) < 4.78 is 0. The highest BCUT2D eigenvalue weighted by molar-refractivity contribution is 7.98. The second-order valence-corrected chi connectivity index (χ2v) is 4.34. The Kier molecular flexibility index (Phi) is 5.33. The van der Waals surface area contributed by atoms with Crippen LogP contribution >= 0.6 is 23.4 Å². The Morgan fingerprint density at radius 2 is 2.00 bits per heavy atom. The summed E-state index contributed by atoms with van der Waals surface area (Å²) in [5.41, 5.74) is 1.37. The average molecular weight is 215 g/mol. The van der Waals surface area contributed by atoms with E-state index in [2.05, 4.69) is 30.5 Å². The maximum atomic E-state index is 5.93. The molecule has 1 aromatic rings. The predicted molar refractivity (Wildman–Crippen MR) is 62.9 cm³/mol. The molecule has 1 unspecified atom stereocenters. The summed E-state index contributed by atoms with van der Waals surface area (Å²) in [7, 11) is 0. The molecule has 0 heterocycles. The lowest BCUT2D eigenvalue weighted by atomic mass is 9.99. The van der Waals surface area contributed by atoms with Crippen molar-refractivity contribution in [3.8, 4) is 0 Å². The average Bonchev–Trinajstić information content (AvgIpc) is 2.21. The second-order valence-electron chi connectivity index (χ2n) is 3.04. The van der Waals surface area contributed by atoms with Crippen LogP contribution in [0.5, 0.6) is 0 Å². The number of hydrogen-bond donors (Lipinski definition) is 0. The van der Waals surface area contributed by atoms with E-state index in [0.29, 0.717) is 5.92 Å². The van der Waals surface area contributed by atoms with Crippen molar-refractivity contribution in [1.29, 1.82) is 0 Å². The molecular formula is C11H15ClS. The van der Waals surface area contributed by atoms with Crippen molar-refractivity contribution in [2.75, 3.05) is 17.9 Å². The molecule has 1 atom stereocenters. The summed E-state index contributed by atoms with van der Waals surface area (Å²) in [6.07, 6.45) is 3.31. The molecule has 0 aromatic heterocycles. The van der Waals surface area contributed by atoms with Crippen LogP contribution in [0.15, 0.2) is 30.3 Å². The van der Waals surface area contributed by atoms with Crippen molar-refractivity contribution in [3.63, 3.8) is 0 Å². The normalized spacial score (nSPS) is 12.8. The number of hydrogen-bond acceptors (Lipinski definition) is 1. The molecular weight excluding hydrogens is 200 g/mol. The van der Waals surface area contributed by atoms with Crippen molar-refractivity contribution in [2.24, 2.45) is 0 Å². The van der Waals surface area contributed by atoms with Gasteiger partial charge in [0, 0.05) is 5.88 Å². The Hall–Kier alpha value is -0.140. The molecule has 0 aliphatic rings. The van der Waals surface area contributed by atoms with Crippen molar-refractivity contribution >= 4 is 23.4 Å². The molecule has 72 valence electrons. The zero-order valence-electron chi connectivity index (χ0n) is 7.87. The van der Waals surface area contributed by atoms with E-state index in [0.717, 1.165) is 5.88 Å². The summed E-state index contributed by atoms with van der Waals surface area (Å²) in [5.74, 6) is 2.44. The molecule has 13 heavy (non-hydrogen) atoms. The third-order valence-electron chi connectivity index (χ3n) is 2.13. The molecule has 0 saturated carbocycles. The Balaban J connectivity index is 2.56. The van der Waals surface area contributed by atoms with Crippen molar-refractivity contribution in [2.45, 2.75) is 12.3 Å². The molecule has 0 amide bonds. The Morgan fingerprint density at radius 3 is 2.54 bits per heavy atom. The zero-order valence-corrected chi connectivity index (χ0v) is 9.44. The van der Waals surface area contributed by atoms with E-state index in [1.807, 2.05) is 17.8 Å². The van der Waals surface area contributed by atoms with Crippen LogP contribution in [-0.4, -0.2) is 17.9 Å². The zero-order chi connectivity index (χ0) is 9.52. The molecule has 1 aromatic carbocycles. The van der Waals surface area contributed by atoms with Crippen LogP contribution < -0.4 is 0 Å². The van der Waals surface area contributed by atoms with Gasteiger partial charge in [0.15, 0.2) is 0 Å². The van der Waals surface area contributed by atoms with E-state index < -0.39 is 0 Å². The summed E-state index contributed by atoms with van der Waals surface area (Å²) in [5, 5.41) is 0. The Bertz CT molecular complexity index is 223. The van der Waals surface area contributed by atoms with Crippen LogP contribution in [0.4, 0.5) is 0 Å². The van der Waals surface area contributed by atoms with E-state index in [-0.39, 0.29) is 0 Å². The van der Waals surface area contributed by atoms with Gasteiger partial charge >= 0.3 is 0 Å². The third-order valence-corrected chi connectivity index (χ3v) is 3.14. The van der Waals surface area contributed by atoms with Gasteiger partial charge in [-0.3, -0.25) is 0 Å². The minimum atomic E-state index is 0.523. The topological polar surface area (TPSA) is 0 Å². The molecule has 0 N–H and O–H groups in total. The molecule has 2 heteroatoms. The highest BCUT2D eigenvalue weighted by Crippen LogP contribution is 2.22. The minimum absolute atomic E-state index is 0.523. The standard InChI is InChI=1S/C11H15ClS/c1-13-8-7-11(9-12)10-5-3-2-4-6-10/h2-6,11H,7-9H2,1H3. The molecule has 0 spiro atoms. The van der Waals surface area contributed by atoms with Gasteiger partial charge in [-0.2, -0.15) is 11.8 Å². The van der Waals surface area contributed by atoms with Gasteiger partial charge in [0.2, 0.25) is 0 Å². The number of alkyl halides is 1. The first-order valence-electron chi connectivity index (χ1n) is 4.48. The maximum Gasteiger partial charge on any atom is 0.0292 e. The van der Waals surface area contributed by atoms with E-state index in [9.17, 15) is 0 Å². The van der Waals surface area contributed by atoms with E-state index in [1.54, 1.807) is 0 Å². The smallest absolute Gasteiger partial charge is 0.0292 e. The highest BCUT2D eigenvalue weighted by atomic mass is 35.5. The fraction of sp³-hybridized carbons (Fsp3) is 0.455. The number of rotatable bonds is 5. The minimum Gasteiger partial charge on any atom is -0.165 e. The van der Waals surface area contributed by atoms with Crippen LogP contribution in [-0.2, 0) is 0 Å². The molecule has 0 saturated heterocycles. The van der Waals surface area contributed by atoms with Gasteiger partial charge in [-0.1, -0.05) is 30.3 Å². The van der Waals surface area contributed by atoms with Gasteiger partial charge < -0.3 is 0 Å². The van der Waals surface area contributed by atoms with Gasteiger partial charge in [0.1, 0.15) is 0 Å². The molecule has 1 rings (SSSR count). The van der Waals surface area contributed by atoms with Crippen molar-refractivity contribution in [3.05, 3.63) is 35.9 Å². The molecule has 0 aliphatic carbocycles. The fourth-order valence-electron chi connectivity index (χ4n) is 1.32. The first-order chi connectivity index (χ1) is 6.38. The van der Waals surface area contributed by atoms with E-state index in [4.69, 9.17) is 11.6 Å². The van der Waals surface area contributed by atoms with Crippen LogP contribution in [0, 0.1) is 0 Å². The molecule has 0 radical (unpaired) electrons. The van der Waals surface area contributed by atoms with Gasteiger partial charge in [0.05, 0.1) is 0 Å². The Labute approximate surface area is 89.7 Å². The first kappa shape index (κ1) is 10.9. The van der Waals surface area contributed by atoms with E-state index >= 15 is 0 Å². The molecule has 0 bridgehead atoms. The first-order valence-corrected chi connectivity index (χ1v) is 6.41. The lowest BCUT2D eigenvalue weighted by Gasteiger charge is -2.12. The van der Waals surface area contributed by atoms with Gasteiger partial charge in [-0.25, -0.2) is 0 Å². The van der Waals surface area contributed by atoms with Crippen LogP contribution in [0.3, 0.4) is 0 Å². The van der Waals surface area contributed by atoms with Crippen molar-refractivity contribution in [1.82, 2.24) is 0 Å². The van der Waals surface area contributed by atoms with Crippen LogP contribution in [0.25, 0.3) is 0 Å². The number of benzene rings is 1. The number of thioether (sulfide) groups is 1. The third kappa shape index (κ3) is 3.61. The van der Waals surface area contributed by atoms with E-state index in [1.165, 1.54) is 17.7 Å². The Morgan fingerprint density at radius 1 is 1.31 bits per heavy atom. The highest BCUT2D eigenvalue weighted by Gasteiger charge is 2.08. The van der Waals surface area contributed by atoms with Crippen molar-refractivity contribution < 1.29 is 0 Å². The summed E-state index contributed by atoms with van der Waals surface area (Å²) >= 11 is 7.81. The molecule has 0 nitrogen and oxygen atoms in total. The summed E-state index contributed by atoms with van der Waals surface area (Å²) in [4.78, 5) is 0. The lowest BCUT2D eigenvalue weighted by Crippen LogP contribution is -2.01. The quantitative estimate of drug-likeness (QED) is 0.673. The van der Waals surface area contributed by atoms with Gasteiger partial charge in [-0.05, 0) is 29.9 Å². The summed E-state index contributed by atoms with van der Waals surface area (Å²) in [6, 6.07) is 10.5. The predicted octanol–water partition coefficient (Wildman–Crippen LogP) is 3.76. The fourth-order valence-corrected chi connectivity index (χ4v) is 2.17. The number of halogens is 1. The largest absolute Gasteiger partial charge is 0.165 e. The van der Waals surface area contributed by atoms with Gasteiger partial charge in [0.25, 0.3) is 0 Å². The second kappa shape index (κ2) is 6.33. The van der Waals surface area contributed by atoms with Crippen LogP contribution in [0.2, 0.25) is 0 Å².